The molecule has 0 aliphatic carbocycles. The van der Waals surface area contributed by atoms with Crippen LogP contribution >= 0.6 is 0 Å². The first kappa shape index (κ1) is 35.7. The number of aliphatic hydroxyl groups is 2. The summed E-state index contributed by atoms with van der Waals surface area (Å²) < 4.78 is 43.7. The molecule has 1 heterocycles. The van der Waals surface area contributed by atoms with Gasteiger partial charge in [-0.15, -0.1) is 20.2 Å². The van der Waals surface area contributed by atoms with Gasteiger partial charge in [-0.3, -0.25) is 4.79 Å². The van der Waals surface area contributed by atoms with Crippen molar-refractivity contribution in [1.82, 2.24) is 9.97 Å². The Morgan fingerprint density at radius 1 is 1.11 bits per heavy atom. The maximum Gasteiger partial charge on any atom is 0.308 e. The van der Waals surface area contributed by atoms with Crippen molar-refractivity contribution >= 4 is 28.0 Å². The van der Waals surface area contributed by atoms with Gasteiger partial charge in [0.25, 0.3) is 10.2 Å². The topological polar surface area (TPSA) is 235 Å². The predicted octanol–water partition coefficient (Wildman–Crippen LogP) is 1.65. The molecule has 19 heteroatoms. The molecule has 0 spiro atoms. The standard InChI is InChI=1S/C25H32FN5O12S/c1-15(2)23-21(24(16-5-7-17(26)8-6-16)28-25(27-23)29(3)44(4,39)40)10-9-18(32)11-19(33)12-22(34)41-13-20(43-31(37)38)14-42-30(35)36/h5-10,15,18-20,32-33H,11-14H2,1-4H3/b10-9+/t18-,19-,20?/m1/s1. The highest BCUT2D eigenvalue weighted by molar-refractivity contribution is 7.92. The van der Waals surface area contributed by atoms with E-state index >= 15 is 0 Å². The molecule has 44 heavy (non-hydrogen) atoms. The van der Waals surface area contributed by atoms with Crippen molar-refractivity contribution in [2.24, 2.45) is 0 Å². The zero-order valence-corrected chi connectivity index (χ0v) is 24.9. The number of nitrogens with zero attached hydrogens (tertiary/aromatic N) is 5. The van der Waals surface area contributed by atoms with Gasteiger partial charge in [0.2, 0.25) is 16.0 Å². The molecule has 2 rings (SSSR count). The molecule has 0 amide bonds. The van der Waals surface area contributed by atoms with Gasteiger partial charge in [-0.1, -0.05) is 26.0 Å². The number of aliphatic hydroxyl groups excluding tert-OH is 2. The number of carbonyl (C=O) groups excluding carboxylic acids is 1. The first-order valence-electron chi connectivity index (χ1n) is 12.9. The second kappa shape index (κ2) is 15.8. The van der Waals surface area contributed by atoms with E-state index in [0.717, 1.165) is 10.6 Å². The molecule has 0 aliphatic rings. The second-order valence-corrected chi connectivity index (χ2v) is 11.8. The van der Waals surface area contributed by atoms with Gasteiger partial charge in [-0.2, -0.15) is 0 Å². The minimum absolute atomic E-state index is 0.127. The molecule has 1 aromatic heterocycles. The maximum atomic E-state index is 13.7. The van der Waals surface area contributed by atoms with E-state index in [-0.39, 0.29) is 24.0 Å². The van der Waals surface area contributed by atoms with Crippen LogP contribution in [0.1, 0.15) is 43.9 Å². The Hall–Kier alpha value is -4.49. The van der Waals surface area contributed by atoms with E-state index in [2.05, 4.69) is 19.6 Å². The predicted molar refractivity (Wildman–Crippen MR) is 151 cm³/mol. The minimum atomic E-state index is -3.73. The zero-order chi connectivity index (χ0) is 33.2. The van der Waals surface area contributed by atoms with E-state index in [1.54, 1.807) is 13.8 Å². The summed E-state index contributed by atoms with van der Waals surface area (Å²) in [5, 5.41) is 39.2. The Kier molecular flexibility index (Phi) is 12.8. The summed E-state index contributed by atoms with van der Waals surface area (Å²) in [5.74, 6) is -1.93. The van der Waals surface area contributed by atoms with Gasteiger partial charge < -0.3 is 24.6 Å². The lowest BCUT2D eigenvalue weighted by atomic mass is 9.97. The molecule has 17 nitrogen and oxygen atoms in total. The largest absolute Gasteiger partial charge is 0.463 e. The minimum Gasteiger partial charge on any atom is -0.463 e. The number of hydrogen-bond acceptors (Lipinski definition) is 14. The number of esters is 1. The summed E-state index contributed by atoms with van der Waals surface area (Å²) >= 11 is 0. The summed E-state index contributed by atoms with van der Waals surface area (Å²) in [6, 6.07) is 5.29. The van der Waals surface area contributed by atoms with Crippen LogP contribution in [0.25, 0.3) is 17.3 Å². The molecular weight excluding hydrogens is 613 g/mol. The summed E-state index contributed by atoms with van der Waals surface area (Å²) in [7, 11) is -2.45. The number of hydrogen-bond donors (Lipinski definition) is 2. The number of ether oxygens (including phenoxy) is 1. The third kappa shape index (κ3) is 11.3. The number of sulfonamides is 1. The van der Waals surface area contributed by atoms with Crippen LogP contribution in [-0.2, 0) is 29.2 Å². The van der Waals surface area contributed by atoms with Crippen LogP contribution in [0.5, 0.6) is 0 Å². The van der Waals surface area contributed by atoms with Crippen molar-refractivity contribution in [1.29, 1.82) is 0 Å². The van der Waals surface area contributed by atoms with Crippen LogP contribution in [0.15, 0.2) is 30.3 Å². The number of carbonyl (C=O) groups is 1. The smallest absolute Gasteiger partial charge is 0.308 e. The molecule has 0 saturated heterocycles. The van der Waals surface area contributed by atoms with Gasteiger partial charge in [-0.05, 0) is 30.2 Å². The highest BCUT2D eigenvalue weighted by Crippen LogP contribution is 2.31. The SMILES string of the molecule is CC(C)c1nc(N(C)S(C)(=O)=O)nc(-c2ccc(F)cc2)c1/C=C/[C@@H](O)C[C@@H](O)CC(=O)OCC(CO[N+](=O)[O-])O[N+](=O)[O-]. The van der Waals surface area contributed by atoms with Gasteiger partial charge in [0.15, 0.2) is 6.10 Å². The fraction of sp³-hybridized carbons (Fsp3) is 0.480. The van der Waals surface area contributed by atoms with Gasteiger partial charge in [0.1, 0.15) is 19.0 Å². The van der Waals surface area contributed by atoms with Crippen molar-refractivity contribution in [3.8, 4) is 11.3 Å². The second-order valence-electron chi connectivity index (χ2n) is 9.74. The fourth-order valence-electron chi connectivity index (χ4n) is 3.66. The Morgan fingerprint density at radius 3 is 2.30 bits per heavy atom. The average Bonchev–Trinajstić information content (AvgIpc) is 2.92. The number of rotatable bonds is 17. The Bertz CT molecular complexity index is 1460. The molecule has 2 N–H and O–H groups in total. The Morgan fingerprint density at radius 2 is 1.75 bits per heavy atom. The maximum absolute atomic E-state index is 13.7. The zero-order valence-electron chi connectivity index (χ0n) is 24.1. The molecule has 242 valence electrons. The van der Waals surface area contributed by atoms with E-state index in [0.29, 0.717) is 16.8 Å². The Labute approximate surface area is 251 Å². The monoisotopic (exact) mass is 645 g/mol. The van der Waals surface area contributed by atoms with E-state index in [9.17, 15) is 48.0 Å². The van der Waals surface area contributed by atoms with Crippen LogP contribution < -0.4 is 4.31 Å². The van der Waals surface area contributed by atoms with E-state index in [1.165, 1.54) is 43.5 Å². The lowest BCUT2D eigenvalue weighted by Crippen LogP contribution is -2.31. The molecule has 1 unspecified atom stereocenters. The quantitative estimate of drug-likeness (QED) is 0.141. The van der Waals surface area contributed by atoms with Crippen molar-refractivity contribution < 1.29 is 52.4 Å². The molecule has 0 saturated carbocycles. The van der Waals surface area contributed by atoms with Crippen molar-refractivity contribution in [3.63, 3.8) is 0 Å². The summed E-state index contributed by atoms with van der Waals surface area (Å²) in [4.78, 5) is 49.8. The highest BCUT2D eigenvalue weighted by atomic mass is 32.2. The molecule has 1 aromatic carbocycles. The van der Waals surface area contributed by atoms with Crippen molar-refractivity contribution in [2.75, 3.05) is 30.8 Å². The summed E-state index contributed by atoms with van der Waals surface area (Å²) in [5.41, 5.74) is 1.47. The van der Waals surface area contributed by atoms with Gasteiger partial charge in [0.05, 0.1) is 36.3 Å². The number of aromatic nitrogens is 2. The van der Waals surface area contributed by atoms with Crippen LogP contribution in [0.2, 0.25) is 0 Å². The molecule has 0 aliphatic heterocycles. The van der Waals surface area contributed by atoms with Crippen molar-refractivity contribution in [2.45, 2.75) is 50.9 Å². The van der Waals surface area contributed by atoms with Gasteiger partial charge >= 0.3 is 5.97 Å². The highest BCUT2D eigenvalue weighted by Gasteiger charge is 2.23. The van der Waals surface area contributed by atoms with E-state index in [1.807, 2.05) is 0 Å². The number of halogens is 1. The number of anilines is 1. The average molecular weight is 646 g/mol. The third-order valence-corrected chi connectivity index (χ3v) is 7.00. The lowest BCUT2D eigenvalue weighted by Gasteiger charge is -2.20. The third-order valence-electron chi connectivity index (χ3n) is 5.84. The summed E-state index contributed by atoms with van der Waals surface area (Å²) in [6.45, 7) is 1.93. The van der Waals surface area contributed by atoms with Crippen molar-refractivity contribution in [3.05, 3.63) is 67.6 Å². The molecule has 0 radical (unpaired) electrons. The van der Waals surface area contributed by atoms with Crippen LogP contribution in [-0.4, -0.2) is 89.6 Å². The van der Waals surface area contributed by atoms with E-state index in [4.69, 9.17) is 4.74 Å². The molecule has 3 atom stereocenters. The Balaban J connectivity index is 2.23. The fourth-order valence-corrected chi connectivity index (χ4v) is 4.03. The van der Waals surface area contributed by atoms with Crippen LogP contribution in [0.3, 0.4) is 0 Å². The molecule has 2 aromatic rings. The van der Waals surface area contributed by atoms with Crippen LogP contribution in [0.4, 0.5) is 10.3 Å². The van der Waals surface area contributed by atoms with E-state index < -0.39 is 69.9 Å². The number of benzene rings is 1. The lowest BCUT2D eigenvalue weighted by molar-refractivity contribution is -0.790. The van der Waals surface area contributed by atoms with Crippen LogP contribution in [0, 0.1) is 26.0 Å². The molecule has 0 bridgehead atoms. The van der Waals surface area contributed by atoms with Gasteiger partial charge in [0, 0.05) is 24.6 Å². The summed E-state index contributed by atoms with van der Waals surface area (Å²) in [6.07, 6.45) is -1.61. The normalized spacial score (nSPS) is 13.7. The molecular formula is C25H32FN5O12S. The first-order chi connectivity index (χ1) is 20.5. The first-order valence-corrected chi connectivity index (χ1v) is 14.7. The van der Waals surface area contributed by atoms with Gasteiger partial charge in [-0.25, -0.2) is 27.1 Å². The molecule has 0 fully saturated rings.